The lowest BCUT2D eigenvalue weighted by molar-refractivity contribution is -0.138. The molecule has 0 spiro atoms. The van der Waals surface area contributed by atoms with Gasteiger partial charge >= 0.3 is 12.0 Å². The molecule has 92 valence electrons. The van der Waals surface area contributed by atoms with Crippen molar-refractivity contribution in [2.45, 2.75) is 51.6 Å². The van der Waals surface area contributed by atoms with Gasteiger partial charge in [-0.25, -0.2) is 4.79 Å². The third-order valence-electron chi connectivity index (χ3n) is 2.71. The number of urea groups is 1. The van der Waals surface area contributed by atoms with E-state index in [9.17, 15) is 9.59 Å². The molecule has 1 aliphatic rings. The highest BCUT2D eigenvalue weighted by Crippen LogP contribution is 2.19. The number of carbonyl (C=O) groups excluding carboxylic acids is 1. The molecule has 0 saturated carbocycles. The number of carbonyl (C=O) groups is 2. The number of carboxylic acid groups (broad SMARTS) is 1. The van der Waals surface area contributed by atoms with Gasteiger partial charge in [0.25, 0.3) is 0 Å². The van der Waals surface area contributed by atoms with Gasteiger partial charge in [-0.1, -0.05) is 0 Å². The second kappa shape index (κ2) is 5.72. The number of nitrogens with zero attached hydrogens (tertiary/aromatic N) is 1. The van der Waals surface area contributed by atoms with E-state index in [-0.39, 0.29) is 24.5 Å². The number of carboxylic acids is 1. The van der Waals surface area contributed by atoms with Crippen LogP contribution in [0.2, 0.25) is 0 Å². The number of hydrogen-bond acceptors (Lipinski definition) is 2. The van der Waals surface area contributed by atoms with Crippen LogP contribution >= 0.6 is 0 Å². The monoisotopic (exact) mass is 228 g/mol. The Bertz CT molecular complexity index is 266. The first-order chi connectivity index (χ1) is 7.50. The summed E-state index contributed by atoms with van der Waals surface area (Å²) in [6.45, 7) is 4.46. The van der Waals surface area contributed by atoms with Gasteiger partial charge in [0.1, 0.15) is 0 Å². The van der Waals surface area contributed by atoms with Crippen molar-refractivity contribution in [1.82, 2.24) is 10.2 Å². The van der Waals surface area contributed by atoms with Crippen LogP contribution in [0.3, 0.4) is 0 Å². The van der Waals surface area contributed by atoms with E-state index in [0.29, 0.717) is 6.54 Å². The number of likely N-dealkylation sites (tertiary alicyclic amines) is 1. The predicted molar refractivity (Wildman–Crippen MR) is 60.3 cm³/mol. The summed E-state index contributed by atoms with van der Waals surface area (Å²) in [5.74, 6) is -0.839. The quantitative estimate of drug-likeness (QED) is 0.767. The minimum absolute atomic E-state index is 0.0471. The summed E-state index contributed by atoms with van der Waals surface area (Å²) in [6, 6.07) is -0.203. The molecule has 5 nitrogen and oxygen atoms in total. The first-order valence-electron chi connectivity index (χ1n) is 5.79. The van der Waals surface area contributed by atoms with Crippen LogP contribution in [-0.4, -0.2) is 40.6 Å². The molecular weight excluding hydrogens is 208 g/mol. The molecule has 1 unspecified atom stereocenters. The Balaban J connectivity index is 2.58. The predicted octanol–water partition coefficient (Wildman–Crippen LogP) is 1.43. The molecule has 1 atom stereocenters. The van der Waals surface area contributed by atoms with Gasteiger partial charge in [-0.15, -0.1) is 0 Å². The molecule has 0 radical (unpaired) electrons. The average Bonchev–Trinajstić information content (AvgIpc) is 2.16. The summed E-state index contributed by atoms with van der Waals surface area (Å²) in [5.41, 5.74) is 0. The standard InChI is InChI=1S/C11H20N2O3/c1-8(2)12-11(16)13-6-4-3-5-9(13)7-10(14)15/h8-9H,3-7H2,1-2H3,(H,12,16)(H,14,15). The zero-order valence-corrected chi connectivity index (χ0v) is 9.90. The van der Waals surface area contributed by atoms with Crippen LogP contribution in [0.5, 0.6) is 0 Å². The van der Waals surface area contributed by atoms with Gasteiger partial charge in [0.15, 0.2) is 0 Å². The molecular formula is C11H20N2O3. The lowest BCUT2D eigenvalue weighted by Gasteiger charge is -2.35. The summed E-state index contributed by atoms with van der Waals surface area (Å²) in [7, 11) is 0. The fourth-order valence-corrected chi connectivity index (χ4v) is 2.01. The number of piperidine rings is 1. The van der Waals surface area contributed by atoms with Crippen LogP contribution in [0.25, 0.3) is 0 Å². The van der Waals surface area contributed by atoms with Crippen LogP contribution in [0, 0.1) is 0 Å². The zero-order valence-electron chi connectivity index (χ0n) is 9.90. The van der Waals surface area contributed by atoms with E-state index in [2.05, 4.69) is 5.32 Å². The van der Waals surface area contributed by atoms with Gasteiger partial charge in [0, 0.05) is 18.6 Å². The van der Waals surface area contributed by atoms with Gasteiger partial charge in [-0.3, -0.25) is 4.79 Å². The van der Waals surface area contributed by atoms with Crippen LogP contribution in [0.4, 0.5) is 4.79 Å². The second-order valence-corrected chi connectivity index (χ2v) is 4.55. The van der Waals surface area contributed by atoms with Gasteiger partial charge in [0.05, 0.1) is 6.42 Å². The molecule has 1 aliphatic heterocycles. The largest absolute Gasteiger partial charge is 0.481 e. The topological polar surface area (TPSA) is 69.6 Å². The number of rotatable bonds is 3. The summed E-state index contributed by atoms with van der Waals surface area (Å²) in [6.07, 6.45) is 2.80. The van der Waals surface area contributed by atoms with Crippen LogP contribution < -0.4 is 5.32 Å². The Morgan fingerprint density at radius 3 is 2.69 bits per heavy atom. The lowest BCUT2D eigenvalue weighted by atomic mass is 10.00. The van der Waals surface area contributed by atoms with E-state index in [4.69, 9.17) is 5.11 Å². The minimum atomic E-state index is -0.839. The summed E-state index contributed by atoms with van der Waals surface area (Å²) >= 11 is 0. The fraction of sp³-hybridized carbons (Fsp3) is 0.818. The van der Waals surface area contributed by atoms with Crippen LogP contribution in [-0.2, 0) is 4.79 Å². The molecule has 0 aromatic rings. The maximum Gasteiger partial charge on any atom is 0.317 e. The van der Waals surface area contributed by atoms with E-state index >= 15 is 0 Å². The minimum Gasteiger partial charge on any atom is -0.481 e. The molecule has 0 aliphatic carbocycles. The second-order valence-electron chi connectivity index (χ2n) is 4.55. The Labute approximate surface area is 95.8 Å². The first kappa shape index (κ1) is 12.8. The van der Waals surface area contributed by atoms with Gasteiger partial charge < -0.3 is 15.3 Å². The zero-order chi connectivity index (χ0) is 12.1. The Morgan fingerprint density at radius 2 is 2.12 bits per heavy atom. The molecule has 0 aromatic heterocycles. The van der Waals surface area contributed by atoms with Crippen molar-refractivity contribution < 1.29 is 14.7 Å². The average molecular weight is 228 g/mol. The van der Waals surface area contributed by atoms with E-state index in [0.717, 1.165) is 19.3 Å². The molecule has 16 heavy (non-hydrogen) atoms. The van der Waals surface area contributed by atoms with E-state index in [1.54, 1.807) is 4.90 Å². The molecule has 5 heteroatoms. The van der Waals surface area contributed by atoms with Gasteiger partial charge in [-0.2, -0.15) is 0 Å². The highest BCUT2D eigenvalue weighted by molar-refractivity contribution is 5.76. The van der Waals surface area contributed by atoms with Crippen molar-refractivity contribution in [3.63, 3.8) is 0 Å². The summed E-state index contributed by atoms with van der Waals surface area (Å²) < 4.78 is 0. The Kier molecular flexibility index (Phi) is 4.58. The van der Waals surface area contributed by atoms with Crippen molar-refractivity contribution in [2.75, 3.05) is 6.54 Å². The van der Waals surface area contributed by atoms with Crippen molar-refractivity contribution in [1.29, 1.82) is 0 Å². The van der Waals surface area contributed by atoms with E-state index in [1.807, 2.05) is 13.8 Å². The maximum absolute atomic E-state index is 11.8. The van der Waals surface area contributed by atoms with Crippen molar-refractivity contribution in [3.8, 4) is 0 Å². The van der Waals surface area contributed by atoms with Gasteiger partial charge in [-0.05, 0) is 33.1 Å². The molecule has 0 aromatic carbocycles. The first-order valence-corrected chi connectivity index (χ1v) is 5.79. The van der Waals surface area contributed by atoms with Crippen molar-refractivity contribution in [2.24, 2.45) is 0 Å². The highest BCUT2D eigenvalue weighted by atomic mass is 16.4. The molecule has 0 bridgehead atoms. The van der Waals surface area contributed by atoms with Crippen LogP contribution in [0.15, 0.2) is 0 Å². The highest BCUT2D eigenvalue weighted by Gasteiger charge is 2.28. The maximum atomic E-state index is 11.8. The number of amides is 2. The molecule has 1 saturated heterocycles. The third-order valence-corrected chi connectivity index (χ3v) is 2.71. The number of nitrogens with one attached hydrogen (secondary N) is 1. The summed E-state index contributed by atoms with van der Waals surface area (Å²) in [5, 5.41) is 11.6. The van der Waals surface area contributed by atoms with Crippen molar-refractivity contribution in [3.05, 3.63) is 0 Å². The molecule has 1 fully saturated rings. The fourth-order valence-electron chi connectivity index (χ4n) is 2.01. The molecule has 2 amide bonds. The Hall–Kier alpha value is -1.26. The number of aliphatic carboxylic acids is 1. The van der Waals surface area contributed by atoms with Gasteiger partial charge in [0.2, 0.25) is 0 Å². The molecule has 2 N–H and O–H groups in total. The van der Waals surface area contributed by atoms with Crippen LogP contribution in [0.1, 0.15) is 39.5 Å². The Morgan fingerprint density at radius 1 is 1.44 bits per heavy atom. The number of hydrogen-bond donors (Lipinski definition) is 2. The third kappa shape index (κ3) is 3.72. The van der Waals surface area contributed by atoms with E-state index < -0.39 is 5.97 Å². The molecule has 1 heterocycles. The lowest BCUT2D eigenvalue weighted by Crippen LogP contribution is -2.50. The normalized spacial score (nSPS) is 20.9. The van der Waals surface area contributed by atoms with Crippen molar-refractivity contribution >= 4 is 12.0 Å². The van der Waals surface area contributed by atoms with E-state index in [1.165, 1.54) is 0 Å². The SMILES string of the molecule is CC(C)NC(=O)N1CCCCC1CC(=O)O. The molecule has 1 rings (SSSR count). The smallest absolute Gasteiger partial charge is 0.317 e. The summed E-state index contributed by atoms with van der Waals surface area (Å²) in [4.78, 5) is 24.2.